The van der Waals surface area contributed by atoms with Crippen molar-refractivity contribution in [1.29, 1.82) is 0 Å². The number of hydrogen-bond donors (Lipinski definition) is 2. The van der Waals surface area contributed by atoms with E-state index in [9.17, 15) is 4.79 Å². The highest BCUT2D eigenvalue weighted by Gasteiger charge is 2.14. The summed E-state index contributed by atoms with van der Waals surface area (Å²) in [5.41, 5.74) is 3.86. The second-order valence-corrected chi connectivity index (χ2v) is 6.56. The van der Waals surface area contributed by atoms with Crippen LogP contribution in [0.3, 0.4) is 0 Å². The van der Waals surface area contributed by atoms with Crippen molar-refractivity contribution in [2.45, 2.75) is 0 Å². The lowest BCUT2D eigenvalue weighted by atomic mass is 10.0. The van der Waals surface area contributed by atoms with Gasteiger partial charge >= 0.3 is 5.97 Å². The lowest BCUT2D eigenvalue weighted by molar-refractivity contribution is 0.0697. The van der Waals surface area contributed by atoms with E-state index in [0.717, 1.165) is 33.3 Å². The Morgan fingerprint density at radius 2 is 1.70 bits per heavy atom. The average Bonchev–Trinajstić information content (AvgIpc) is 3.17. The topological polar surface area (TPSA) is 62.3 Å². The highest BCUT2D eigenvalue weighted by molar-refractivity contribution is 6.36. The number of carboxylic acids is 1. The zero-order chi connectivity index (χ0) is 19.0. The van der Waals surface area contributed by atoms with Crippen LogP contribution in [0.25, 0.3) is 33.3 Å². The molecule has 0 saturated heterocycles. The van der Waals surface area contributed by atoms with Crippen molar-refractivity contribution in [3.8, 4) is 28.3 Å². The number of H-pyrrole nitrogens is 1. The maximum Gasteiger partial charge on any atom is 0.335 e. The van der Waals surface area contributed by atoms with E-state index in [4.69, 9.17) is 21.4 Å². The molecule has 2 N–H and O–H groups in total. The minimum absolute atomic E-state index is 0.261. The first-order chi connectivity index (χ1) is 13.1. The number of nitrogens with one attached hydrogen (secondary N) is 1. The molecule has 134 valence electrons. The third-order valence-electron chi connectivity index (χ3n) is 4.57. The van der Waals surface area contributed by atoms with Gasteiger partial charge in [0.25, 0.3) is 0 Å². The number of carbonyl (C=O) groups is 1. The fourth-order valence-electron chi connectivity index (χ4n) is 3.24. The fourth-order valence-corrected chi connectivity index (χ4v) is 3.51. The van der Waals surface area contributed by atoms with Crippen LogP contribution < -0.4 is 4.74 Å². The molecular weight excluding hydrogens is 362 g/mol. The minimum Gasteiger partial charge on any atom is -0.495 e. The largest absolute Gasteiger partial charge is 0.495 e. The number of methoxy groups -OCH3 is 1. The molecule has 0 spiro atoms. The molecule has 0 bridgehead atoms. The fraction of sp³-hybridized carbons (Fsp3) is 0.0455. The molecular formula is C22H16ClNO3. The Hall–Kier alpha value is -3.24. The van der Waals surface area contributed by atoms with Crippen LogP contribution in [0.1, 0.15) is 10.4 Å². The molecule has 3 aromatic carbocycles. The maximum atomic E-state index is 11.0. The second-order valence-electron chi connectivity index (χ2n) is 6.15. The molecule has 4 aromatic rings. The van der Waals surface area contributed by atoms with Gasteiger partial charge in [-0.1, -0.05) is 41.9 Å². The third-order valence-corrected chi connectivity index (χ3v) is 4.89. The molecule has 27 heavy (non-hydrogen) atoms. The molecule has 0 unspecified atom stereocenters. The standard InChI is InChI=1S/C22H16ClNO3/c1-27-21-16(10-9-14-3-2-4-17(23)20(14)21)19-12-11-18(24-19)13-5-7-15(8-6-13)22(25)26/h2-12,24H,1H3,(H,25,26). The maximum absolute atomic E-state index is 11.0. The Bertz CT molecular complexity index is 1150. The SMILES string of the molecule is COc1c(-c2ccc(-c3ccc(C(=O)O)cc3)[nH]2)ccc2cccc(Cl)c12. The average molecular weight is 378 g/mol. The number of aromatic nitrogens is 1. The van der Waals surface area contributed by atoms with Crippen molar-refractivity contribution < 1.29 is 14.6 Å². The predicted molar refractivity (Wildman–Crippen MR) is 108 cm³/mol. The summed E-state index contributed by atoms with van der Waals surface area (Å²) in [5, 5.41) is 11.6. The number of carboxylic acid groups (broad SMARTS) is 1. The van der Waals surface area contributed by atoms with E-state index < -0.39 is 5.97 Å². The highest BCUT2D eigenvalue weighted by atomic mass is 35.5. The Morgan fingerprint density at radius 1 is 0.963 bits per heavy atom. The van der Waals surface area contributed by atoms with E-state index in [-0.39, 0.29) is 5.56 Å². The minimum atomic E-state index is -0.938. The zero-order valence-electron chi connectivity index (χ0n) is 14.5. The molecule has 0 aliphatic heterocycles. The Morgan fingerprint density at radius 3 is 2.41 bits per heavy atom. The van der Waals surface area contributed by atoms with Crippen LogP contribution in [0.4, 0.5) is 0 Å². The van der Waals surface area contributed by atoms with E-state index in [1.807, 2.05) is 42.5 Å². The summed E-state index contributed by atoms with van der Waals surface area (Å²) in [6, 6.07) is 20.5. The molecule has 0 amide bonds. The number of fused-ring (bicyclic) bond motifs is 1. The van der Waals surface area contributed by atoms with Crippen LogP contribution in [0, 0.1) is 0 Å². The smallest absolute Gasteiger partial charge is 0.335 e. The molecule has 5 heteroatoms. The number of rotatable bonds is 4. The number of halogens is 1. The Labute approximate surface area is 161 Å². The molecule has 0 atom stereocenters. The van der Waals surface area contributed by atoms with Crippen LogP contribution in [0.2, 0.25) is 5.02 Å². The van der Waals surface area contributed by atoms with Gasteiger partial charge in [-0.05, 0) is 47.3 Å². The van der Waals surface area contributed by atoms with Gasteiger partial charge in [0.1, 0.15) is 5.75 Å². The normalized spacial score (nSPS) is 10.9. The highest BCUT2D eigenvalue weighted by Crippen LogP contribution is 2.40. The van der Waals surface area contributed by atoms with Crippen molar-refractivity contribution in [2.75, 3.05) is 7.11 Å². The first-order valence-electron chi connectivity index (χ1n) is 8.37. The summed E-state index contributed by atoms with van der Waals surface area (Å²) >= 11 is 6.40. The summed E-state index contributed by atoms with van der Waals surface area (Å²) in [6.07, 6.45) is 0. The van der Waals surface area contributed by atoms with Crippen LogP contribution in [0.15, 0.2) is 66.7 Å². The number of hydrogen-bond acceptors (Lipinski definition) is 2. The van der Waals surface area contributed by atoms with E-state index >= 15 is 0 Å². The summed E-state index contributed by atoms with van der Waals surface area (Å²) in [5.74, 6) is -0.223. The quantitative estimate of drug-likeness (QED) is 0.468. The van der Waals surface area contributed by atoms with Gasteiger partial charge < -0.3 is 14.8 Å². The number of benzene rings is 3. The van der Waals surface area contributed by atoms with E-state index in [1.165, 1.54) is 0 Å². The molecule has 4 nitrogen and oxygen atoms in total. The summed E-state index contributed by atoms with van der Waals surface area (Å²) in [4.78, 5) is 14.4. The molecule has 1 heterocycles. The van der Waals surface area contributed by atoms with Gasteiger partial charge in [0.2, 0.25) is 0 Å². The summed E-state index contributed by atoms with van der Waals surface area (Å²) < 4.78 is 5.68. The van der Waals surface area contributed by atoms with E-state index in [2.05, 4.69) is 4.98 Å². The van der Waals surface area contributed by atoms with Gasteiger partial charge in [0.05, 0.1) is 17.7 Å². The summed E-state index contributed by atoms with van der Waals surface area (Å²) in [7, 11) is 1.63. The van der Waals surface area contributed by atoms with Crippen molar-refractivity contribution in [3.63, 3.8) is 0 Å². The van der Waals surface area contributed by atoms with Crippen LogP contribution in [0.5, 0.6) is 5.75 Å². The Balaban J connectivity index is 1.79. The van der Waals surface area contributed by atoms with Gasteiger partial charge in [-0.2, -0.15) is 0 Å². The monoisotopic (exact) mass is 377 g/mol. The van der Waals surface area contributed by atoms with E-state index in [0.29, 0.717) is 10.8 Å². The van der Waals surface area contributed by atoms with Gasteiger partial charge in [-0.3, -0.25) is 0 Å². The van der Waals surface area contributed by atoms with Gasteiger partial charge in [-0.25, -0.2) is 4.79 Å². The third kappa shape index (κ3) is 3.04. The van der Waals surface area contributed by atoms with Crippen LogP contribution in [-0.4, -0.2) is 23.2 Å². The molecule has 0 saturated carbocycles. The molecule has 0 fully saturated rings. The lowest BCUT2D eigenvalue weighted by Crippen LogP contribution is -1.95. The predicted octanol–water partition coefficient (Wildman–Crippen LogP) is 5.86. The first kappa shape index (κ1) is 17.2. The van der Waals surface area contributed by atoms with Gasteiger partial charge in [0.15, 0.2) is 0 Å². The molecule has 0 aliphatic rings. The second kappa shape index (κ2) is 6.82. The zero-order valence-corrected chi connectivity index (χ0v) is 15.2. The molecule has 4 rings (SSSR count). The van der Waals surface area contributed by atoms with Gasteiger partial charge in [-0.15, -0.1) is 0 Å². The first-order valence-corrected chi connectivity index (χ1v) is 8.74. The number of ether oxygens (including phenoxy) is 1. The van der Waals surface area contributed by atoms with E-state index in [1.54, 1.807) is 31.4 Å². The molecule has 0 radical (unpaired) electrons. The lowest BCUT2D eigenvalue weighted by Gasteiger charge is -2.12. The van der Waals surface area contributed by atoms with Crippen molar-refractivity contribution >= 4 is 28.3 Å². The van der Waals surface area contributed by atoms with Crippen molar-refractivity contribution in [2.24, 2.45) is 0 Å². The van der Waals surface area contributed by atoms with Gasteiger partial charge in [0, 0.05) is 22.3 Å². The van der Waals surface area contributed by atoms with Crippen molar-refractivity contribution in [1.82, 2.24) is 4.98 Å². The Kier molecular flexibility index (Phi) is 4.34. The van der Waals surface area contributed by atoms with Crippen LogP contribution in [-0.2, 0) is 0 Å². The summed E-state index contributed by atoms with van der Waals surface area (Å²) in [6.45, 7) is 0. The number of aromatic amines is 1. The molecule has 1 aromatic heterocycles. The number of aromatic carboxylic acids is 1. The molecule has 0 aliphatic carbocycles. The van der Waals surface area contributed by atoms with Crippen LogP contribution >= 0.6 is 11.6 Å². The van der Waals surface area contributed by atoms with Crippen molar-refractivity contribution in [3.05, 3.63) is 77.3 Å².